The van der Waals surface area contributed by atoms with Gasteiger partial charge in [0.2, 0.25) is 0 Å². The summed E-state index contributed by atoms with van der Waals surface area (Å²) in [5.74, 6) is 1.06. The monoisotopic (exact) mass is 625 g/mol. The van der Waals surface area contributed by atoms with E-state index in [0.29, 0.717) is 48.1 Å². The molecule has 8 rings (SSSR count). The average Bonchev–Trinajstić information content (AvgIpc) is 3.89. The highest BCUT2D eigenvalue weighted by Crippen LogP contribution is 2.44. The first-order chi connectivity index (χ1) is 22.9. The smallest absolute Gasteiger partial charge is 0.0991 e. The molecule has 0 amide bonds. The second kappa shape index (κ2) is 12.6. The van der Waals surface area contributed by atoms with Crippen molar-refractivity contribution >= 4 is 0 Å². The third-order valence-corrected chi connectivity index (χ3v) is 12.7. The molecule has 0 radical (unpaired) electrons. The van der Waals surface area contributed by atoms with Crippen LogP contribution in [-0.4, -0.2) is 48.3 Å². The van der Waals surface area contributed by atoms with Crippen molar-refractivity contribution in [3.05, 3.63) is 117 Å². The van der Waals surface area contributed by atoms with Gasteiger partial charge in [-0.1, -0.05) is 60.7 Å². The average molecular weight is 626 g/mol. The molecule has 8 bridgehead atoms. The Labute approximate surface area is 281 Å². The minimum atomic E-state index is 0.214. The van der Waals surface area contributed by atoms with Gasteiger partial charge in [0.1, 0.15) is 0 Å². The van der Waals surface area contributed by atoms with Crippen LogP contribution in [0.3, 0.4) is 0 Å². The van der Waals surface area contributed by atoms with Crippen molar-refractivity contribution in [2.24, 2.45) is 0 Å². The first-order valence-corrected chi connectivity index (χ1v) is 18.2. The number of hydrogen-bond donors (Lipinski definition) is 4. The molecule has 5 aliphatic rings. The molecule has 47 heavy (non-hydrogen) atoms. The summed E-state index contributed by atoms with van der Waals surface area (Å²) in [4.78, 5) is 0. The van der Waals surface area contributed by atoms with Crippen LogP contribution in [0.5, 0.6) is 0 Å². The number of nitrogens with zero attached hydrogens (tertiary/aromatic N) is 1. The number of aryl methyl sites for hydroxylation is 4. The summed E-state index contributed by atoms with van der Waals surface area (Å²) in [6.45, 7) is 9.25. The van der Waals surface area contributed by atoms with E-state index in [-0.39, 0.29) is 18.0 Å². The third kappa shape index (κ3) is 5.58. The maximum Gasteiger partial charge on any atom is 0.0991 e. The zero-order chi connectivity index (χ0) is 32.2. The van der Waals surface area contributed by atoms with E-state index in [1.54, 1.807) is 5.56 Å². The number of hydrogen-bond acceptors (Lipinski definition) is 5. The van der Waals surface area contributed by atoms with Gasteiger partial charge < -0.3 is 21.3 Å². The summed E-state index contributed by atoms with van der Waals surface area (Å²) in [5, 5.41) is 26.7. The fourth-order valence-corrected chi connectivity index (χ4v) is 10.7. The molecule has 0 aliphatic carbocycles. The topological polar surface area (TPSA) is 71.9 Å². The summed E-state index contributed by atoms with van der Waals surface area (Å²) >= 11 is 0. The molecule has 0 aromatic heterocycles. The number of benzene rings is 3. The second-order valence-electron chi connectivity index (χ2n) is 15.4. The summed E-state index contributed by atoms with van der Waals surface area (Å²) in [7, 11) is 0. The van der Waals surface area contributed by atoms with Crippen LogP contribution in [0.2, 0.25) is 0 Å². The Bertz CT molecular complexity index is 1650. The van der Waals surface area contributed by atoms with E-state index in [9.17, 15) is 5.26 Å². The molecule has 11 unspecified atom stereocenters. The molecular weight excluding hydrogens is 574 g/mol. The first-order valence-electron chi connectivity index (χ1n) is 18.2. The SMILES string of the molecule is Cc1cccc(C)c1C1C2C=CC(N2)C(c2ccc(C#N)cc2)C2CCC(N2)C(c2c(C)cccc2C)C2CCC(N2)C2CCC1N2. The maximum atomic E-state index is 9.60. The van der Waals surface area contributed by atoms with Crippen LogP contribution in [-0.2, 0) is 0 Å². The van der Waals surface area contributed by atoms with Crippen molar-refractivity contribution in [3.63, 3.8) is 0 Å². The first kappa shape index (κ1) is 31.0. The molecule has 5 nitrogen and oxygen atoms in total. The van der Waals surface area contributed by atoms with Gasteiger partial charge in [-0.05, 0) is 117 Å². The van der Waals surface area contributed by atoms with Gasteiger partial charge in [-0.3, -0.25) is 0 Å². The van der Waals surface area contributed by atoms with Crippen molar-refractivity contribution in [2.45, 2.75) is 132 Å². The standard InChI is InChI=1S/C42H51N5/c1-24-7-5-8-25(2)38(24)41-34-17-15-30(44-34)31-16-18-35(45-31)42(39-26(3)9-6-10-27(39)4)37-22-20-33(47-37)40(32-19-21-36(41)46-32)29-13-11-28(23-43)12-14-29/h5-14,19,21,30-37,40-42,44-47H,15-18,20,22H2,1-4H3. The second-order valence-corrected chi connectivity index (χ2v) is 15.4. The molecule has 3 aromatic carbocycles. The van der Waals surface area contributed by atoms with E-state index in [0.717, 1.165) is 12.0 Å². The fraction of sp³-hybridized carbons (Fsp3) is 0.500. The quantitative estimate of drug-likeness (QED) is 0.244. The van der Waals surface area contributed by atoms with E-state index in [1.807, 2.05) is 12.1 Å². The van der Waals surface area contributed by atoms with Crippen molar-refractivity contribution in [3.8, 4) is 6.07 Å². The third-order valence-electron chi connectivity index (χ3n) is 12.7. The van der Waals surface area contributed by atoms with Crippen molar-refractivity contribution < 1.29 is 0 Å². The molecule has 11 atom stereocenters. The van der Waals surface area contributed by atoms with Gasteiger partial charge in [0.05, 0.1) is 11.6 Å². The van der Waals surface area contributed by atoms with E-state index in [2.05, 4.69) is 116 Å². The lowest BCUT2D eigenvalue weighted by atomic mass is 9.79. The minimum Gasteiger partial charge on any atom is -0.310 e. The van der Waals surface area contributed by atoms with Crippen molar-refractivity contribution in [1.82, 2.24) is 21.3 Å². The lowest BCUT2D eigenvalue weighted by molar-refractivity contribution is 0.338. The van der Waals surface area contributed by atoms with Gasteiger partial charge >= 0.3 is 0 Å². The van der Waals surface area contributed by atoms with E-state index >= 15 is 0 Å². The van der Waals surface area contributed by atoms with Gasteiger partial charge in [0.15, 0.2) is 0 Å². The predicted molar refractivity (Wildman–Crippen MR) is 191 cm³/mol. The Morgan fingerprint density at radius 1 is 0.489 bits per heavy atom. The molecule has 4 saturated heterocycles. The molecule has 4 fully saturated rings. The highest BCUT2D eigenvalue weighted by Gasteiger charge is 2.48. The molecular formula is C42H51N5. The molecule has 3 aromatic rings. The number of nitrogens with one attached hydrogen (secondary N) is 4. The Morgan fingerprint density at radius 3 is 1.40 bits per heavy atom. The van der Waals surface area contributed by atoms with Gasteiger partial charge in [0, 0.05) is 66.1 Å². The molecule has 0 spiro atoms. The highest BCUT2D eigenvalue weighted by molar-refractivity contribution is 5.43. The van der Waals surface area contributed by atoms with Gasteiger partial charge in [-0.2, -0.15) is 5.26 Å². The van der Waals surface area contributed by atoms with Crippen LogP contribution >= 0.6 is 0 Å². The number of fused-ring (bicyclic) bond motifs is 9. The molecule has 5 aliphatic heterocycles. The van der Waals surface area contributed by atoms with Crippen molar-refractivity contribution in [2.75, 3.05) is 0 Å². The molecule has 244 valence electrons. The van der Waals surface area contributed by atoms with Crippen LogP contribution in [0.25, 0.3) is 0 Å². The number of nitriles is 1. The van der Waals surface area contributed by atoms with Gasteiger partial charge in [-0.15, -0.1) is 0 Å². The lowest BCUT2D eigenvalue weighted by Gasteiger charge is -2.36. The maximum absolute atomic E-state index is 9.60. The predicted octanol–water partition coefficient (Wildman–Crippen LogP) is 6.72. The Morgan fingerprint density at radius 2 is 0.894 bits per heavy atom. The minimum absolute atomic E-state index is 0.214. The molecule has 0 saturated carbocycles. The van der Waals surface area contributed by atoms with E-state index in [4.69, 9.17) is 0 Å². The largest absolute Gasteiger partial charge is 0.310 e. The molecule has 5 heteroatoms. The van der Waals surface area contributed by atoms with Gasteiger partial charge in [0.25, 0.3) is 0 Å². The highest BCUT2D eigenvalue weighted by atomic mass is 15.1. The summed E-state index contributed by atoms with van der Waals surface area (Å²) in [6, 6.07) is 27.6. The Kier molecular flexibility index (Phi) is 8.34. The van der Waals surface area contributed by atoms with E-state index in [1.165, 1.54) is 65.5 Å². The van der Waals surface area contributed by atoms with Gasteiger partial charge in [-0.25, -0.2) is 0 Å². The Balaban J connectivity index is 1.23. The summed E-state index contributed by atoms with van der Waals surface area (Å²) in [5.41, 5.74) is 10.8. The van der Waals surface area contributed by atoms with Crippen LogP contribution in [0.4, 0.5) is 0 Å². The summed E-state index contributed by atoms with van der Waals surface area (Å²) in [6.07, 6.45) is 12.2. The van der Waals surface area contributed by atoms with E-state index < -0.39 is 0 Å². The normalized spacial score (nSPS) is 36.2. The number of rotatable bonds is 3. The lowest BCUT2D eigenvalue weighted by Crippen LogP contribution is -2.50. The molecule has 4 N–H and O–H groups in total. The Hall–Kier alpha value is -3.27. The fourth-order valence-electron chi connectivity index (χ4n) is 10.7. The van der Waals surface area contributed by atoms with Crippen LogP contribution in [0.15, 0.2) is 72.8 Å². The van der Waals surface area contributed by atoms with Crippen LogP contribution < -0.4 is 21.3 Å². The summed E-state index contributed by atoms with van der Waals surface area (Å²) < 4.78 is 0. The van der Waals surface area contributed by atoms with Crippen LogP contribution in [0.1, 0.15) is 101 Å². The van der Waals surface area contributed by atoms with Crippen molar-refractivity contribution in [1.29, 1.82) is 5.26 Å². The van der Waals surface area contributed by atoms with Crippen LogP contribution in [0, 0.1) is 39.0 Å². The zero-order valence-electron chi connectivity index (χ0n) is 28.5. The molecule has 5 heterocycles. The zero-order valence-corrected chi connectivity index (χ0v) is 28.5.